The first-order chi connectivity index (χ1) is 23.0. The maximum Gasteiger partial charge on any atom is 0.247 e. The first kappa shape index (κ1) is 29.7. The van der Waals surface area contributed by atoms with E-state index in [-0.39, 0.29) is 6.10 Å². The fraction of sp³-hybridized carbons (Fsp3) is 0.316. The average Bonchev–Trinajstić information content (AvgIpc) is 3.84. The van der Waals surface area contributed by atoms with Crippen molar-refractivity contribution < 1.29 is 9.52 Å². The summed E-state index contributed by atoms with van der Waals surface area (Å²) in [4.78, 5) is 23.7. The topological polar surface area (TPSA) is 103 Å². The van der Waals surface area contributed by atoms with Gasteiger partial charge in [-0.3, -0.25) is 14.8 Å². The predicted octanol–water partition coefficient (Wildman–Crippen LogP) is 7.02. The van der Waals surface area contributed by atoms with Crippen LogP contribution in [0.3, 0.4) is 0 Å². The number of hydrogen-bond donors (Lipinski definition) is 2. The molecule has 0 radical (unpaired) electrons. The molecule has 9 heteroatoms. The summed E-state index contributed by atoms with van der Waals surface area (Å²) in [7, 11) is 0. The molecule has 8 rings (SSSR count). The molecular formula is C38H39N7O2. The van der Waals surface area contributed by atoms with Gasteiger partial charge >= 0.3 is 0 Å². The second-order valence-corrected chi connectivity index (χ2v) is 13.0. The lowest BCUT2D eigenvalue weighted by atomic mass is 9.93. The minimum Gasteiger partial charge on any atom is -0.418 e. The average molecular weight is 626 g/mol. The molecule has 6 aromatic rings. The van der Waals surface area contributed by atoms with Crippen LogP contribution in [0.2, 0.25) is 0 Å². The van der Waals surface area contributed by atoms with Crippen molar-refractivity contribution in [2.24, 2.45) is 0 Å². The number of oxazole rings is 1. The summed E-state index contributed by atoms with van der Waals surface area (Å²) in [6.45, 7) is 9.86. The molecule has 238 valence electrons. The Hall–Kier alpha value is -4.70. The van der Waals surface area contributed by atoms with Crippen molar-refractivity contribution in [1.29, 1.82) is 0 Å². The number of likely N-dealkylation sites (tertiary alicyclic amines) is 2. The van der Waals surface area contributed by atoms with Gasteiger partial charge in [0.1, 0.15) is 11.0 Å². The summed E-state index contributed by atoms with van der Waals surface area (Å²) in [6.07, 6.45) is 8.80. The molecule has 4 aromatic heterocycles. The van der Waals surface area contributed by atoms with Gasteiger partial charge in [-0.15, -0.1) is 0 Å². The number of anilines is 2. The zero-order valence-electron chi connectivity index (χ0n) is 26.9. The minimum absolute atomic E-state index is 0.231. The Kier molecular flexibility index (Phi) is 7.88. The van der Waals surface area contributed by atoms with Crippen molar-refractivity contribution in [2.45, 2.75) is 52.3 Å². The van der Waals surface area contributed by atoms with E-state index in [1.54, 1.807) is 0 Å². The van der Waals surface area contributed by atoms with Gasteiger partial charge < -0.3 is 14.8 Å². The monoisotopic (exact) mass is 625 g/mol. The fourth-order valence-corrected chi connectivity index (χ4v) is 7.11. The number of rotatable bonds is 8. The van der Waals surface area contributed by atoms with Gasteiger partial charge in [0.2, 0.25) is 11.6 Å². The first-order valence-electron chi connectivity index (χ1n) is 16.6. The van der Waals surface area contributed by atoms with Gasteiger partial charge in [-0.2, -0.15) is 0 Å². The Morgan fingerprint density at radius 1 is 0.830 bits per heavy atom. The van der Waals surface area contributed by atoms with E-state index in [1.165, 1.54) is 18.4 Å². The number of aliphatic hydroxyl groups excluding tert-OH is 1. The number of aromatic nitrogens is 4. The van der Waals surface area contributed by atoms with Gasteiger partial charge in [0, 0.05) is 61.4 Å². The predicted molar refractivity (Wildman–Crippen MR) is 185 cm³/mol. The summed E-state index contributed by atoms with van der Waals surface area (Å²) in [5, 5.41) is 14.5. The molecule has 2 aliphatic rings. The Balaban J connectivity index is 1.06. The third-order valence-corrected chi connectivity index (χ3v) is 9.66. The van der Waals surface area contributed by atoms with Crippen LogP contribution in [-0.4, -0.2) is 67.1 Å². The Morgan fingerprint density at radius 3 is 2.40 bits per heavy atom. The maximum absolute atomic E-state index is 9.91. The van der Waals surface area contributed by atoms with E-state index in [2.05, 4.69) is 87.5 Å². The standard InChI is InChI=1S/C38H39N7O2/c1-24-30(7-5-9-32(24)37-43-34-18-27(20-41-38(34)47-37)21-44-14-3-4-15-44)31-8-6-10-33(25(31)2)42-36-35-28(11-13-39-36)17-26(19-40-35)22-45-16-12-29(46)23-45/h5-11,13,17-20,29,46H,3-4,12,14-16,21-23H2,1-2H3,(H,39,42)/t29-/m1/s1. The molecule has 0 amide bonds. The van der Waals surface area contributed by atoms with Crippen molar-refractivity contribution in [3.05, 3.63) is 95.4 Å². The van der Waals surface area contributed by atoms with Crippen molar-refractivity contribution in [2.75, 3.05) is 31.5 Å². The zero-order valence-corrected chi connectivity index (χ0v) is 26.9. The Morgan fingerprint density at radius 2 is 1.57 bits per heavy atom. The van der Waals surface area contributed by atoms with Crippen LogP contribution in [0.15, 0.2) is 77.6 Å². The molecule has 2 aliphatic heterocycles. The third-order valence-electron chi connectivity index (χ3n) is 9.66. The SMILES string of the molecule is Cc1c(Nc2nccc3cc(CN4CC[C@@H](O)C4)cnc23)cccc1-c1cccc(-c2nc3cc(CN4CCCC4)cnc3o2)c1C. The molecular weight excluding hydrogens is 586 g/mol. The maximum atomic E-state index is 9.91. The number of fused-ring (bicyclic) bond motifs is 2. The normalized spacial score (nSPS) is 17.3. The van der Waals surface area contributed by atoms with Gasteiger partial charge in [-0.05, 0) is 110 Å². The fourth-order valence-electron chi connectivity index (χ4n) is 7.11. The van der Waals surface area contributed by atoms with Crippen molar-refractivity contribution >= 4 is 33.6 Å². The Labute approximate surface area is 274 Å². The molecule has 2 saturated heterocycles. The van der Waals surface area contributed by atoms with Crippen molar-refractivity contribution in [3.8, 4) is 22.6 Å². The van der Waals surface area contributed by atoms with E-state index in [1.807, 2.05) is 24.7 Å². The molecule has 0 saturated carbocycles. The highest BCUT2D eigenvalue weighted by Gasteiger charge is 2.21. The molecule has 0 unspecified atom stereocenters. The number of pyridine rings is 3. The first-order valence-corrected chi connectivity index (χ1v) is 16.6. The van der Waals surface area contributed by atoms with E-state index in [0.717, 1.165) is 100 Å². The van der Waals surface area contributed by atoms with Gasteiger partial charge in [-0.25, -0.2) is 15.0 Å². The number of hydrogen-bond acceptors (Lipinski definition) is 9. The highest BCUT2D eigenvalue weighted by Crippen LogP contribution is 2.37. The van der Waals surface area contributed by atoms with Crippen LogP contribution in [0.5, 0.6) is 0 Å². The summed E-state index contributed by atoms with van der Waals surface area (Å²) >= 11 is 0. The number of benzene rings is 2. The minimum atomic E-state index is -0.231. The molecule has 47 heavy (non-hydrogen) atoms. The van der Waals surface area contributed by atoms with E-state index < -0.39 is 0 Å². The molecule has 0 aliphatic carbocycles. The zero-order chi connectivity index (χ0) is 31.9. The Bertz CT molecular complexity index is 2080. The summed E-state index contributed by atoms with van der Waals surface area (Å²) in [5.41, 5.74) is 10.9. The lowest BCUT2D eigenvalue weighted by Gasteiger charge is -2.17. The number of β-amino-alcohol motifs (C(OH)–C–C–N with tert-alkyl or cyclic N) is 1. The molecule has 9 nitrogen and oxygen atoms in total. The summed E-state index contributed by atoms with van der Waals surface area (Å²) in [6, 6.07) is 18.9. The second-order valence-electron chi connectivity index (χ2n) is 13.0. The van der Waals surface area contributed by atoms with Crippen LogP contribution >= 0.6 is 0 Å². The van der Waals surface area contributed by atoms with E-state index in [0.29, 0.717) is 18.1 Å². The van der Waals surface area contributed by atoms with Gasteiger partial charge in [-0.1, -0.05) is 24.3 Å². The summed E-state index contributed by atoms with van der Waals surface area (Å²) in [5.74, 6) is 1.31. The molecule has 2 aromatic carbocycles. The largest absolute Gasteiger partial charge is 0.418 e. The van der Waals surface area contributed by atoms with Crippen molar-refractivity contribution in [1.82, 2.24) is 29.7 Å². The van der Waals surface area contributed by atoms with Gasteiger partial charge in [0.25, 0.3) is 0 Å². The molecule has 0 spiro atoms. The molecule has 0 bridgehead atoms. The highest BCUT2D eigenvalue weighted by molar-refractivity contribution is 5.91. The van der Waals surface area contributed by atoms with E-state index in [9.17, 15) is 5.11 Å². The van der Waals surface area contributed by atoms with Crippen LogP contribution in [0, 0.1) is 13.8 Å². The summed E-state index contributed by atoms with van der Waals surface area (Å²) < 4.78 is 6.20. The van der Waals surface area contributed by atoms with Crippen LogP contribution in [0.1, 0.15) is 41.5 Å². The third kappa shape index (κ3) is 5.98. The van der Waals surface area contributed by atoms with Crippen LogP contribution in [0.25, 0.3) is 44.7 Å². The van der Waals surface area contributed by atoms with Crippen LogP contribution < -0.4 is 5.32 Å². The highest BCUT2D eigenvalue weighted by atomic mass is 16.4. The van der Waals surface area contributed by atoms with Gasteiger partial charge in [0.15, 0.2) is 5.82 Å². The molecule has 2 N–H and O–H groups in total. The quantitative estimate of drug-likeness (QED) is 0.185. The smallest absolute Gasteiger partial charge is 0.247 e. The van der Waals surface area contributed by atoms with E-state index >= 15 is 0 Å². The van der Waals surface area contributed by atoms with Crippen LogP contribution in [-0.2, 0) is 13.1 Å². The number of aliphatic hydroxyl groups is 1. The van der Waals surface area contributed by atoms with E-state index in [4.69, 9.17) is 14.4 Å². The number of nitrogens with one attached hydrogen (secondary N) is 1. The van der Waals surface area contributed by atoms with Crippen LogP contribution in [0.4, 0.5) is 11.5 Å². The number of nitrogens with zero attached hydrogens (tertiary/aromatic N) is 6. The van der Waals surface area contributed by atoms with Crippen molar-refractivity contribution in [3.63, 3.8) is 0 Å². The molecule has 6 heterocycles. The van der Waals surface area contributed by atoms with Gasteiger partial charge in [0.05, 0.1) is 6.10 Å². The lowest BCUT2D eigenvalue weighted by Crippen LogP contribution is -2.21. The lowest BCUT2D eigenvalue weighted by molar-refractivity contribution is 0.175. The second kappa shape index (κ2) is 12.5. The molecule has 2 fully saturated rings. The molecule has 1 atom stereocenters.